The summed E-state index contributed by atoms with van der Waals surface area (Å²) in [5, 5.41) is 6.98. The van der Waals surface area contributed by atoms with Gasteiger partial charge >= 0.3 is 6.29 Å². The fraction of sp³-hybridized carbons (Fsp3) is 0.389. The Bertz CT molecular complexity index is 677. The summed E-state index contributed by atoms with van der Waals surface area (Å²) < 4.78 is 2.01. The number of nitrogens with zero attached hydrogens (tertiary/aromatic N) is 2. The van der Waals surface area contributed by atoms with E-state index in [2.05, 4.69) is 56.8 Å². The van der Waals surface area contributed by atoms with Crippen LogP contribution in [-0.4, -0.2) is 22.7 Å². The molecule has 4 rings (SSSR count). The summed E-state index contributed by atoms with van der Waals surface area (Å²) in [6.07, 6.45) is 6.65. The maximum absolute atomic E-state index is 5.19. The van der Waals surface area contributed by atoms with Crippen molar-refractivity contribution < 1.29 is 26.9 Å². The van der Waals surface area contributed by atoms with E-state index in [1.807, 2.05) is 12.1 Å². The SMILES string of the molecule is [Au].[S-]C([S-])N1CCC(c2cc[n+](C3Nc4ccccc4N3)cc2)CC1. The van der Waals surface area contributed by atoms with E-state index in [9.17, 15) is 0 Å². The summed E-state index contributed by atoms with van der Waals surface area (Å²) in [7, 11) is 0. The van der Waals surface area contributed by atoms with E-state index < -0.39 is 0 Å². The fourth-order valence-electron chi connectivity index (χ4n) is 3.55. The van der Waals surface area contributed by atoms with Crippen LogP contribution in [0.1, 0.15) is 30.6 Å². The first-order valence-electron chi connectivity index (χ1n) is 8.39. The molecule has 4 nitrogen and oxygen atoms in total. The number of hydrogen-bond acceptors (Lipinski definition) is 5. The first kappa shape index (κ1) is 19.1. The Labute approximate surface area is 175 Å². The molecule has 0 amide bonds. The Hall–Kier alpha value is -0.630. The Morgan fingerprint density at radius 2 is 1.52 bits per heavy atom. The van der Waals surface area contributed by atoms with E-state index in [-0.39, 0.29) is 33.4 Å². The zero-order valence-corrected chi connectivity index (χ0v) is 17.5. The number of rotatable bonds is 3. The Balaban J connectivity index is 0.00000182. The molecule has 2 aliphatic rings. The molecule has 0 unspecified atom stereocenters. The van der Waals surface area contributed by atoms with Crippen molar-refractivity contribution in [2.24, 2.45) is 0 Å². The standard InChI is InChI=1S/C18H22N4S2.Au/c23-18(24)22-11-7-14(8-12-22)13-5-9-21(10-6-13)17-19-15-3-1-2-4-16(15)20-17;/h1-6,9-10,14,17-20H,7-8,11-12H2,(H-,23,24);/p-1. The minimum absolute atomic E-state index is 0. The van der Waals surface area contributed by atoms with Crippen LogP contribution in [-0.2, 0) is 47.6 Å². The smallest absolute Gasteiger partial charge is 0.311 e. The van der Waals surface area contributed by atoms with Crippen LogP contribution < -0.4 is 15.2 Å². The average molecular weight is 554 g/mol. The van der Waals surface area contributed by atoms with Crippen LogP contribution in [0.4, 0.5) is 11.4 Å². The molecule has 0 aliphatic carbocycles. The van der Waals surface area contributed by atoms with E-state index in [0.717, 1.165) is 37.3 Å². The number of likely N-dealkylation sites (tertiary alicyclic amines) is 1. The van der Waals surface area contributed by atoms with Crippen molar-refractivity contribution >= 4 is 36.6 Å². The van der Waals surface area contributed by atoms with Gasteiger partial charge in [0.15, 0.2) is 12.4 Å². The summed E-state index contributed by atoms with van der Waals surface area (Å²) >= 11 is 10.4. The molecule has 0 saturated carbocycles. The molecular formula is C18H21AuN4S2-. The second-order valence-electron chi connectivity index (χ2n) is 6.43. The molecular weight excluding hydrogens is 533 g/mol. The number of hydrogen-bond donors (Lipinski definition) is 2. The van der Waals surface area contributed by atoms with Gasteiger partial charge in [-0.3, -0.25) is 0 Å². The van der Waals surface area contributed by atoms with Crippen molar-refractivity contribution in [2.75, 3.05) is 23.7 Å². The predicted octanol–water partition coefficient (Wildman–Crippen LogP) is 2.52. The van der Waals surface area contributed by atoms with Gasteiger partial charge < -0.3 is 40.8 Å². The maximum Gasteiger partial charge on any atom is 0.311 e. The van der Waals surface area contributed by atoms with Gasteiger partial charge in [-0.05, 0) is 49.5 Å². The summed E-state index contributed by atoms with van der Waals surface area (Å²) in [6, 6.07) is 12.8. The van der Waals surface area contributed by atoms with Crippen LogP contribution >= 0.6 is 0 Å². The van der Waals surface area contributed by atoms with Gasteiger partial charge in [0.05, 0.1) is 11.4 Å². The topological polar surface area (TPSA) is 31.2 Å². The number of fused-ring (bicyclic) bond motifs is 1. The Morgan fingerprint density at radius 1 is 0.960 bits per heavy atom. The number of pyridine rings is 1. The molecule has 0 spiro atoms. The number of benzene rings is 1. The van der Waals surface area contributed by atoms with E-state index in [1.54, 1.807) is 0 Å². The molecule has 1 aromatic carbocycles. The monoisotopic (exact) mass is 554 g/mol. The normalized spacial score (nSPS) is 18.4. The molecule has 1 saturated heterocycles. The predicted molar refractivity (Wildman–Crippen MR) is 101 cm³/mol. The molecule has 137 valence electrons. The van der Waals surface area contributed by atoms with E-state index in [0.29, 0.717) is 5.92 Å². The number of aromatic nitrogens is 1. The first-order valence-corrected chi connectivity index (χ1v) is 9.33. The quantitative estimate of drug-likeness (QED) is 0.346. The summed E-state index contributed by atoms with van der Waals surface area (Å²) in [5.41, 5.74) is 3.70. The largest absolute Gasteiger partial charge is 0.800 e. The van der Waals surface area contributed by atoms with Crippen LogP contribution in [0.15, 0.2) is 48.8 Å². The molecule has 2 aliphatic heterocycles. The first-order chi connectivity index (χ1) is 11.7. The van der Waals surface area contributed by atoms with Crippen LogP contribution in [0.2, 0.25) is 0 Å². The zero-order valence-electron chi connectivity index (χ0n) is 13.7. The van der Waals surface area contributed by atoms with E-state index >= 15 is 0 Å². The molecule has 0 atom stereocenters. The second kappa shape index (κ2) is 8.37. The van der Waals surface area contributed by atoms with Gasteiger partial charge in [-0.25, -0.2) is 4.71 Å². The molecule has 25 heavy (non-hydrogen) atoms. The minimum atomic E-state index is -0.162. The maximum atomic E-state index is 5.19. The van der Waals surface area contributed by atoms with Gasteiger partial charge in [0, 0.05) is 34.5 Å². The number of para-hydroxylation sites is 2. The van der Waals surface area contributed by atoms with Gasteiger partial charge in [-0.1, -0.05) is 12.1 Å². The molecule has 1 fully saturated rings. The summed E-state index contributed by atoms with van der Waals surface area (Å²) in [6.45, 7) is 2.02. The van der Waals surface area contributed by atoms with Crippen LogP contribution in [0.3, 0.4) is 0 Å². The van der Waals surface area contributed by atoms with Gasteiger partial charge in [0.1, 0.15) is 0 Å². The van der Waals surface area contributed by atoms with Gasteiger partial charge in [0.25, 0.3) is 0 Å². The van der Waals surface area contributed by atoms with Gasteiger partial charge in [0.2, 0.25) is 0 Å². The molecule has 1 radical (unpaired) electrons. The molecule has 0 bridgehead atoms. The molecule has 3 heterocycles. The summed E-state index contributed by atoms with van der Waals surface area (Å²) in [5.74, 6) is 0.612. The van der Waals surface area contributed by atoms with Gasteiger partial charge in [-0.15, -0.1) is 0 Å². The van der Waals surface area contributed by atoms with Crippen LogP contribution in [0.5, 0.6) is 0 Å². The van der Waals surface area contributed by atoms with Gasteiger partial charge in [-0.2, -0.15) is 4.57 Å². The summed E-state index contributed by atoms with van der Waals surface area (Å²) in [4.78, 5) is 2.22. The van der Waals surface area contributed by atoms with E-state index in [1.165, 1.54) is 5.56 Å². The van der Waals surface area contributed by atoms with E-state index in [4.69, 9.17) is 25.3 Å². The number of piperidine rings is 1. The molecule has 2 N–H and O–H groups in total. The third-order valence-electron chi connectivity index (χ3n) is 4.99. The molecule has 7 heteroatoms. The van der Waals surface area contributed by atoms with Crippen molar-refractivity contribution in [3.8, 4) is 0 Å². The van der Waals surface area contributed by atoms with Crippen molar-refractivity contribution in [1.29, 1.82) is 0 Å². The van der Waals surface area contributed by atoms with Crippen LogP contribution in [0, 0.1) is 0 Å². The van der Waals surface area contributed by atoms with Crippen LogP contribution in [0.25, 0.3) is 0 Å². The zero-order chi connectivity index (χ0) is 16.5. The number of nitrogens with one attached hydrogen (secondary N) is 2. The Kier molecular flexibility index (Phi) is 6.41. The van der Waals surface area contributed by atoms with Crippen molar-refractivity contribution in [3.63, 3.8) is 0 Å². The molecule has 1 aromatic heterocycles. The Morgan fingerprint density at radius 3 is 2.04 bits per heavy atom. The van der Waals surface area contributed by atoms with Crippen molar-refractivity contribution in [2.45, 2.75) is 29.8 Å². The second-order valence-corrected chi connectivity index (χ2v) is 7.62. The van der Waals surface area contributed by atoms with Crippen molar-refractivity contribution in [1.82, 2.24) is 4.90 Å². The number of anilines is 2. The van der Waals surface area contributed by atoms with Crippen molar-refractivity contribution in [3.05, 3.63) is 54.4 Å². The molecule has 2 aromatic rings. The minimum Gasteiger partial charge on any atom is -0.800 e. The third-order valence-corrected chi connectivity index (χ3v) is 5.58. The average Bonchev–Trinajstić information content (AvgIpc) is 3.06. The third kappa shape index (κ3) is 4.21. The fourth-order valence-corrected chi connectivity index (χ4v) is 3.97.